The molecule has 1 saturated carbocycles. The van der Waals surface area contributed by atoms with E-state index in [0.29, 0.717) is 18.2 Å². The minimum absolute atomic E-state index is 0.181. The Morgan fingerprint density at radius 1 is 1.33 bits per heavy atom. The van der Waals surface area contributed by atoms with E-state index in [4.69, 9.17) is 4.74 Å². The van der Waals surface area contributed by atoms with Gasteiger partial charge in [-0.15, -0.1) is 0 Å². The normalized spacial score (nSPS) is 23.2. The summed E-state index contributed by atoms with van der Waals surface area (Å²) in [5.74, 6) is 1.25. The topological polar surface area (TPSA) is 75.3 Å². The molecule has 2 aliphatic rings. The number of nitrogens with zero attached hydrogens (tertiary/aromatic N) is 2. The van der Waals surface area contributed by atoms with Crippen LogP contribution in [0, 0.1) is 18.3 Å². The first kappa shape index (κ1) is 17.0. The largest absolute Gasteiger partial charge is 0.461 e. The third kappa shape index (κ3) is 3.19. The quantitative estimate of drug-likeness (QED) is 0.860. The third-order valence-corrected chi connectivity index (χ3v) is 5.38. The van der Waals surface area contributed by atoms with E-state index in [9.17, 15) is 9.59 Å². The molecule has 0 bridgehead atoms. The smallest absolute Gasteiger partial charge is 0.358 e. The standard InChI is InChI=1S/C18H27N3O3/c1-5-24-17(23)14-11(2)19-15(20-14)12-6-8-21(9-7-12)16(22)13-10-18(13,3)4/h12-13H,5-10H2,1-4H3,(H,19,20)/t13-/m1/s1. The van der Waals surface area contributed by atoms with Crippen LogP contribution in [0.2, 0.25) is 0 Å². The van der Waals surface area contributed by atoms with Crippen LogP contribution in [-0.4, -0.2) is 46.4 Å². The number of carbonyl (C=O) groups excluding carboxylic acids is 2. The van der Waals surface area contributed by atoms with E-state index in [-0.39, 0.29) is 23.2 Å². The number of nitrogens with one attached hydrogen (secondary N) is 1. The summed E-state index contributed by atoms with van der Waals surface area (Å²) in [6.45, 7) is 9.83. The lowest BCUT2D eigenvalue weighted by Crippen LogP contribution is -2.39. The van der Waals surface area contributed by atoms with E-state index in [1.807, 2.05) is 11.8 Å². The van der Waals surface area contributed by atoms with Crippen LogP contribution in [-0.2, 0) is 9.53 Å². The summed E-state index contributed by atoms with van der Waals surface area (Å²) < 4.78 is 5.04. The number of likely N-dealkylation sites (tertiary alicyclic amines) is 1. The zero-order valence-electron chi connectivity index (χ0n) is 15.0. The van der Waals surface area contributed by atoms with Gasteiger partial charge in [0, 0.05) is 30.6 Å². The summed E-state index contributed by atoms with van der Waals surface area (Å²) in [7, 11) is 0. The van der Waals surface area contributed by atoms with Gasteiger partial charge in [0.05, 0.1) is 6.61 Å². The maximum atomic E-state index is 12.5. The molecule has 1 aliphatic heterocycles. The molecule has 3 rings (SSSR count). The number of piperidine rings is 1. The van der Waals surface area contributed by atoms with Crippen LogP contribution in [0.5, 0.6) is 0 Å². The molecular formula is C18H27N3O3. The van der Waals surface area contributed by atoms with Crippen molar-refractivity contribution in [2.24, 2.45) is 11.3 Å². The molecule has 0 unspecified atom stereocenters. The minimum Gasteiger partial charge on any atom is -0.461 e. The second-order valence-corrected chi connectivity index (χ2v) is 7.66. The fourth-order valence-electron chi connectivity index (χ4n) is 3.56. The number of aromatic amines is 1. The molecule has 1 saturated heterocycles. The van der Waals surface area contributed by atoms with Gasteiger partial charge in [-0.2, -0.15) is 0 Å². The van der Waals surface area contributed by atoms with E-state index < -0.39 is 0 Å². The monoisotopic (exact) mass is 333 g/mol. The fraction of sp³-hybridized carbons (Fsp3) is 0.722. The summed E-state index contributed by atoms with van der Waals surface area (Å²) in [4.78, 5) is 34.1. The Kier molecular flexibility index (Phi) is 4.40. The van der Waals surface area contributed by atoms with Crippen LogP contribution < -0.4 is 0 Å². The number of carbonyl (C=O) groups is 2. The highest BCUT2D eigenvalue weighted by molar-refractivity contribution is 5.88. The van der Waals surface area contributed by atoms with Crippen molar-refractivity contribution in [2.75, 3.05) is 19.7 Å². The number of ether oxygens (including phenoxy) is 1. The fourth-order valence-corrected chi connectivity index (χ4v) is 3.56. The second kappa shape index (κ2) is 6.22. The lowest BCUT2D eigenvalue weighted by atomic mass is 9.95. The van der Waals surface area contributed by atoms with Crippen LogP contribution in [0.4, 0.5) is 0 Å². The van der Waals surface area contributed by atoms with Gasteiger partial charge in [0.15, 0.2) is 5.69 Å². The molecule has 6 nitrogen and oxygen atoms in total. The van der Waals surface area contributed by atoms with E-state index in [1.165, 1.54) is 0 Å². The number of imidazole rings is 1. The van der Waals surface area contributed by atoms with Crippen LogP contribution in [0.3, 0.4) is 0 Å². The first-order valence-corrected chi connectivity index (χ1v) is 8.86. The number of esters is 1. The van der Waals surface area contributed by atoms with Crippen molar-refractivity contribution in [3.63, 3.8) is 0 Å². The number of aryl methyl sites for hydroxylation is 1. The molecule has 1 aromatic heterocycles. The van der Waals surface area contributed by atoms with Crippen molar-refractivity contribution in [2.45, 2.75) is 52.9 Å². The molecule has 1 aliphatic carbocycles. The summed E-state index contributed by atoms with van der Waals surface area (Å²) in [5.41, 5.74) is 1.31. The first-order chi connectivity index (χ1) is 11.3. The zero-order chi connectivity index (χ0) is 17.5. The van der Waals surface area contributed by atoms with Crippen molar-refractivity contribution in [1.29, 1.82) is 0 Å². The first-order valence-electron chi connectivity index (χ1n) is 8.86. The molecule has 1 atom stereocenters. The van der Waals surface area contributed by atoms with Crippen molar-refractivity contribution in [3.8, 4) is 0 Å². The molecule has 132 valence electrons. The summed E-state index contributed by atoms with van der Waals surface area (Å²) in [6, 6.07) is 0. The van der Waals surface area contributed by atoms with Crippen LogP contribution >= 0.6 is 0 Å². The molecule has 1 amide bonds. The SMILES string of the molecule is CCOC(=O)c1nc(C2CCN(C(=O)[C@H]3CC3(C)C)CC2)[nH]c1C. The number of H-pyrrole nitrogens is 1. The van der Waals surface area contributed by atoms with Crippen molar-refractivity contribution >= 4 is 11.9 Å². The van der Waals surface area contributed by atoms with Gasteiger partial charge in [0.25, 0.3) is 0 Å². The molecule has 0 spiro atoms. The predicted molar refractivity (Wildman–Crippen MR) is 89.7 cm³/mol. The molecule has 6 heteroatoms. The highest BCUT2D eigenvalue weighted by Gasteiger charge is 2.52. The van der Waals surface area contributed by atoms with Crippen LogP contribution in [0.15, 0.2) is 0 Å². The Morgan fingerprint density at radius 2 is 1.96 bits per heavy atom. The van der Waals surface area contributed by atoms with Crippen LogP contribution in [0.1, 0.15) is 68.0 Å². The van der Waals surface area contributed by atoms with Gasteiger partial charge in [0.1, 0.15) is 5.82 Å². The third-order valence-electron chi connectivity index (χ3n) is 5.38. The molecule has 0 aromatic carbocycles. The second-order valence-electron chi connectivity index (χ2n) is 7.66. The number of hydrogen-bond acceptors (Lipinski definition) is 4. The predicted octanol–water partition coefficient (Wildman–Crippen LogP) is 2.65. The van der Waals surface area contributed by atoms with Gasteiger partial charge in [-0.25, -0.2) is 9.78 Å². The highest BCUT2D eigenvalue weighted by atomic mass is 16.5. The molecule has 1 aromatic rings. The van der Waals surface area contributed by atoms with E-state index >= 15 is 0 Å². The Balaban J connectivity index is 1.60. The lowest BCUT2D eigenvalue weighted by molar-refractivity contribution is -0.134. The Bertz CT molecular complexity index is 642. The van der Waals surface area contributed by atoms with Gasteiger partial charge in [-0.05, 0) is 38.5 Å². The van der Waals surface area contributed by atoms with Crippen molar-refractivity contribution in [3.05, 3.63) is 17.2 Å². The summed E-state index contributed by atoms with van der Waals surface area (Å²) >= 11 is 0. The average molecular weight is 333 g/mol. The molecule has 2 fully saturated rings. The summed E-state index contributed by atoms with van der Waals surface area (Å²) in [6.07, 6.45) is 2.77. The Morgan fingerprint density at radius 3 is 2.50 bits per heavy atom. The Hall–Kier alpha value is -1.85. The van der Waals surface area contributed by atoms with E-state index in [0.717, 1.165) is 43.9 Å². The van der Waals surface area contributed by atoms with Crippen LogP contribution in [0.25, 0.3) is 0 Å². The van der Waals surface area contributed by atoms with Gasteiger partial charge >= 0.3 is 5.97 Å². The van der Waals surface area contributed by atoms with Gasteiger partial charge in [-0.1, -0.05) is 13.8 Å². The summed E-state index contributed by atoms with van der Waals surface area (Å²) in [5, 5.41) is 0. The molecule has 0 radical (unpaired) electrons. The highest BCUT2D eigenvalue weighted by Crippen LogP contribution is 2.52. The maximum absolute atomic E-state index is 12.5. The van der Waals surface area contributed by atoms with Gasteiger partial charge in [-0.3, -0.25) is 4.79 Å². The molecule has 24 heavy (non-hydrogen) atoms. The van der Waals surface area contributed by atoms with Gasteiger partial charge < -0.3 is 14.6 Å². The minimum atomic E-state index is -0.374. The van der Waals surface area contributed by atoms with E-state index in [1.54, 1.807) is 6.92 Å². The maximum Gasteiger partial charge on any atom is 0.358 e. The molecule has 1 N–H and O–H groups in total. The average Bonchev–Trinajstić information content (AvgIpc) is 3.01. The molecule has 2 heterocycles. The lowest BCUT2D eigenvalue weighted by Gasteiger charge is -2.31. The zero-order valence-corrected chi connectivity index (χ0v) is 15.0. The molecular weight excluding hydrogens is 306 g/mol. The number of hydrogen-bond donors (Lipinski definition) is 1. The van der Waals surface area contributed by atoms with Crippen molar-refractivity contribution < 1.29 is 14.3 Å². The number of aromatic nitrogens is 2. The van der Waals surface area contributed by atoms with Crippen molar-refractivity contribution in [1.82, 2.24) is 14.9 Å². The van der Waals surface area contributed by atoms with Gasteiger partial charge in [0.2, 0.25) is 5.91 Å². The number of rotatable bonds is 4. The van der Waals surface area contributed by atoms with E-state index in [2.05, 4.69) is 23.8 Å². The number of amides is 1. The Labute approximate surface area is 143 Å².